The van der Waals surface area contributed by atoms with E-state index >= 15 is 0 Å². The number of amides is 3. The molecule has 3 amide bonds. The Bertz CT molecular complexity index is 2610. The van der Waals surface area contributed by atoms with E-state index < -0.39 is 11.9 Å². The van der Waals surface area contributed by atoms with Gasteiger partial charge in [0.2, 0.25) is 17.8 Å². The first kappa shape index (κ1) is 45.3. The number of nitrogens with one attached hydrogen (secondary N) is 2. The summed E-state index contributed by atoms with van der Waals surface area (Å²) in [6.45, 7) is 13.9. The minimum Gasteiger partial charge on any atom is -0.370 e. The van der Waals surface area contributed by atoms with Gasteiger partial charge in [0.25, 0.3) is 11.5 Å². The molecule has 1 aliphatic carbocycles. The number of nitrogens with zero attached hydrogens (tertiary/aromatic N) is 9. The van der Waals surface area contributed by atoms with Gasteiger partial charge in [-0.2, -0.15) is 4.98 Å². The second-order valence-electron chi connectivity index (χ2n) is 19.7. The monoisotopic (exact) mass is 931 g/mol. The minimum atomic E-state index is -0.652. The van der Waals surface area contributed by atoms with Crippen LogP contribution < -0.4 is 26.0 Å². The Morgan fingerprint density at radius 3 is 2.27 bits per heavy atom. The number of hydrogen-bond acceptors (Lipinski definition) is 13. The molecule has 0 spiro atoms. The smallest absolute Gasteiger partial charge is 0.263 e. The van der Waals surface area contributed by atoms with E-state index in [4.69, 9.17) is 21.6 Å². The van der Waals surface area contributed by atoms with Crippen molar-refractivity contribution in [2.24, 2.45) is 11.8 Å². The van der Waals surface area contributed by atoms with Crippen LogP contribution in [0, 0.1) is 18.8 Å². The lowest BCUT2D eigenvalue weighted by Gasteiger charge is -2.40. The molecule has 1 unspecified atom stereocenters. The zero-order chi connectivity index (χ0) is 46.3. The summed E-state index contributed by atoms with van der Waals surface area (Å²) < 4.78 is 1.73. The van der Waals surface area contributed by atoms with Crippen LogP contribution in [0.2, 0.25) is 5.02 Å². The van der Waals surface area contributed by atoms with Gasteiger partial charge in [-0.3, -0.25) is 38.8 Å². The molecular formula is C50H62ClN11O5. The van der Waals surface area contributed by atoms with Crippen molar-refractivity contribution in [2.75, 3.05) is 80.6 Å². The molecule has 5 fully saturated rings. The molecule has 16 nitrogen and oxygen atoms in total. The van der Waals surface area contributed by atoms with E-state index in [9.17, 15) is 24.0 Å². The van der Waals surface area contributed by atoms with Gasteiger partial charge in [0.1, 0.15) is 17.5 Å². The number of pyridine rings is 2. The summed E-state index contributed by atoms with van der Waals surface area (Å²) in [5.41, 5.74) is 4.54. The van der Waals surface area contributed by atoms with E-state index in [1.807, 2.05) is 24.4 Å². The summed E-state index contributed by atoms with van der Waals surface area (Å²) >= 11 is 6.98. The van der Waals surface area contributed by atoms with E-state index in [1.165, 1.54) is 58.7 Å². The molecule has 354 valence electrons. The number of ketones is 1. The average molecular weight is 933 g/mol. The Kier molecular flexibility index (Phi) is 13.0. The van der Waals surface area contributed by atoms with Gasteiger partial charge in [0.15, 0.2) is 5.78 Å². The van der Waals surface area contributed by atoms with E-state index in [-0.39, 0.29) is 47.7 Å². The number of hydrogen-bond donors (Lipinski definition) is 2. The van der Waals surface area contributed by atoms with Crippen molar-refractivity contribution in [3.8, 4) is 0 Å². The zero-order valence-electron chi connectivity index (χ0n) is 38.8. The zero-order valence-corrected chi connectivity index (χ0v) is 39.5. The van der Waals surface area contributed by atoms with Crippen molar-refractivity contribution < 1.29 is 19.2 Å². The Morgan fingerprint density at radius 1 is 0.821 bits per heavy atom. The highest BCUT2D eigenvalue weighted by atomic mass is 35.5. The van der Waals surface area contributed by atoms with Crippen LogP contribution in [0.15, 0.2) is 41.5 Å². The van der Waals surface area contributed by atoms with Crippen LogP contribution in [0.3, 0.4) is 0 Å². The van der Waals surface area contributed by atoms with Gasteiger partial charge < -0.3 is 24.9 Å². The van der Waals surface area contributed by atoms with Crippen LogP contribution in [-0.2, 0) is 16.1 Å². The summed E-state index contributed by atoms with van der Waals surface area (Å²) in [5.74, 6) is 1.31. The molecule has 0 bridgehead atoms. The number of halogens is 1. The fraction of sp³-hybridized carbons (Fsp3) is 0.560. The molecule has 1 aromatic carbocycles. The number of aryl methyl sites for hydroxylation is 1. The van der Waals surface area contributed by atoms with Crippen LogP contribution in [0.5, 0.6) is 0 Å². The van der Waals surface area contributed by atoms with E-state index in [2.05, 4.69) is 41.3 Å². The lowest BCUT2D eigenvalue weighted by molar-refractivity contribution is -0.136. The molecule has 3 aromatic heterocycles. The highest BCUT2D eigenvalue weighted by molar-refractivity contribution is 6.35. The van der Waals surface area contributed by atoms with Gasteiger partial charge in [0.05, 0.1) is 28.2 Å². The fourth-order valence-corrected chi connectivity index (χ4v) is 12.0. The predicted octanol–water partition coefficient (Wildman–Crippen LogP) is 6.11. The number of aromatic nitrogens is 4. The first-order valence-corrected chi connectivity index (χ1v) is 24.9. The number of imide groups is 1. The number of piperidine rings is 3. The highest BCUT2D eigenvalue weighted by Crippen LogP contribution is 2.39. The van der Waals surface area contributed by atoms with Crippen molar-refractivity contribution in [3.63, 3.8) is 0 Å². The lowest BCUT2D eigenvalue weighted by atomic mass is 9.91. The van der Waals surface area contributed by atoms with Gasteiger partial charge in [-0.15, -0.1) is 0 Å². The standard InChI is InChI=1S/C50H62ClN11O5/c1-31-38-28-53-50(56-46(38)62(35-5-3-4-6-35)49(67)44(31)32(2)63)54-42-11-7-36(27-52-42)59-21-16-33(17-22-59)13-18-57-19-14-34(15-20-57)29-58-23-25-60(26-24-58)40-9-8-37-39(45(40)51)30-61(48(37)66)41-10-12-43(64)55-47(41)65/h7-9,11,27-28,33-35,41H,3-6,10,12-26,29-30H2,1-2H3,(H,55,64,65)(H,52,53,54,56). The fourth-order valence-electron chi connectivity index (χ4n) is 11.7. The van der Waals surface area contributed by atoms with Gasteiger partial charge in [-0.25, -0.2) is 9.97 Å². The molecule has 2 N–H and O–H groups in total. The van der Waals surface area contributed by atoms with E-state index in [0.29, 0.717) is 45.9 Å². The van der Waals surface area contributed by atoms with Crippen LogP contribution in [0.25, 0.3) is 11.0 Å². The van der Waals surface area contributed by atoms with Crippen molar-refractivity contribution in [1.82, 2.24) is 39.5 Å². The van der Waals surface area contributed by atoms with Crippen LogP contribution in [-0.4, -0.2) is 129 Å². The van der Waals surface area contributed by atoms with Crippen LogP contribution in [0.4, 0.5) is 23.1 Å². The number of piperazine rings is 1. The highest BCUT2D eigenvalue weighted by Gasteiger charge is 2.41. The summed E-state index contributed by atoms with van der Waals surface area (Å²) in [7, 11) is 0. The summed E-state index contributed by atoms with van der Waals surface area (Å²) in [5, 5.41) is 6.94. The largest absolute Gasteiger partial charge is 0.370 e. The topological polar surface area (TPSA) is 169 Å². The summed E-state index contributed by atoms with van der Waals surface area (Å²) in [4.78, 5) is 89.3. The second-order valence-corrected chi connectivity index (χ2v) is 20.1. The molecule has 4 aromatic rings. The maximum atomic E-state index is 13.6. The molecule has 67 heavy (non-hydrogen) atoms. The number of rotatable bonds is 12. The van der Waals surface area contributed by atoms with Crippen LogP contribution >= 0.6 is 11.6 Å². The quantitative estimate of drug-likeness (QED) is 0.123. The average Bonchev–Trinajstić information content (AvgIpc) is 3.98. The Labute approximate surface area is 396 Å². The van der Waals surface area contributed by atoms with Crippen molar-refractivity contribution in [2.45, 2.75) is 103 Å². The molecule has 0 radical (unpaired) electrons. The minimum absolute atomic E-state index is 0.0238. The summed E-state index contributed by atoms with van der Waals surface area (Å²) in [6.07, 6.45) is 14.2. The Balaban J connectivity index is 0.647. The third-order valence-electron chi connectivity index (χ3n) is 15.6. The normalized spacial score (nSPS) is 21.7. The molecule has 1 atom stereocenters. The third-order valence-corrected chi connectivity index (χ3v) is 16.1. The van der Waals surface area contributed by atoms with Gasteiger partial charge in [-0.1, -0.05) is 24.4 Å². The first-order chi connectivity index (χ1) is 32.5. The molecule has 1 saturated carbocycles. The number of likely N-dealkylation sites (tertiary alicyclic amines) is 1. The van der Waals surface area contributed by atoms with Crippen LogP contribution in [0.1, 0.15) is 115 Å². The second kappa shape index (κ2) is 19.3. The number of fused-ring (bicyclic) bond motifs is 2. The van der Waals surface area contributed by atoms with Gasteiger partial charge in [0, 0.05) is 87.5 Å². The maximum Gasteiger partial charge on any atom is 0.263 e. The lowest BCUT2D eigenvalue weighted by Crippen LogP contribution is -2.52. The Hall–Kier alpha value is -5.45. The third kappa shape index (κ3) is 9.28. The number of carbonyl (C=O) groups excluding carboxylic acids is 4. The van der Waals surface area contributed by atoms with Gasteiger partial charge in [-0.05, 0) is 127 Å². The van der Waals surface area contributed by atoms with Crippen molar-refractivity contribution in [3.05, 3.63) is 74.3 Å². The predicted molar refractivity (Wildman–Crippen MR) is 258 cm³/mol. The van der Waals surface area contributed by atoms with Gasteiger partial charge >= 0.3 is 0 Å². The maximum absolute atomic E-state index is 13.6. The Morgan fingerprint density at radius 2 is 1.57 bits per heavy atom. The van der Waals surface area contributed by atoms with E-state index in [1.54, 1.807) is 22.6 Å². The molecule has 5 aliphatic heterocycles. The number of Topliss-reactive ketones (excluding diaryl/α,β-unsaturated/α-hetero) is 1. The SMILES string of the molecule is CC(=O)c1c(C)c2cnc(Nc3ccc(N4CCC(CCN5CCC(CN6CCN(c7ccc8c(c7Cl)CN(C7CCC(=O)NC7=O)C8=O)CC6)CC5)CC4)cn3)nc2n(C2CCCC2)c1=O. The molecule has 8 heterocycles. The first-order valence-electron chi connectivity index (χ1n) is 24.6. The molecular weight excluding hydrogens is 870 g/mol. The van der Waals surface area contributed by atoms with E-state index in [0.717, 1.165) is 99.7 Å². The number of benzene rings is 1. The molecule has 17 heteroatoms. The molecule has 6 aliphatic rings. The number of carbonyl (C=O) groups is 4. The molecule has 10 rings (SSSR count). The van der Waals surface area contributed by atoms with Crippen molar-refractivity contribution in [1.29, 1.82) is 0 Å². The molecule has 4 saturated heterocycles. The number of anilines is 4. The van der Waals surface area contributed by atoms with Crippen molar-refractivity contribution >= 4 is 69.3 Å². The summed E-state index contributed by atoms with van der Waals surface area (Å²) in [6, 6.07) is 7.24.